The minimum Gasteiger partial charge on any atom is -0.488 e. The Balaban J connectivity index is 2.12. The molecule has 0 radical (unpaired) electrons. The van der Waals surface area contributed by atoms with E-state index in [0.717, 1.165) is 23.4 Å². The molecule has 0 bridgehead atoms. The number of rotatable bonds is 5. The normalized spacial score (nSPS) is 12.4. The number of hydrogen-bond donors (Lipinski definition) is 1. The van der Waals surface area contributed by atoms with Crippen molar-refractivity contribution in [1.82, 2.24) is 9.78 Å². The lowest BCUT2D eigenvalue weighted by Gasteiger charge is -2.14. The van der Waals surface area contributed by atoms with Gasteiger partial charge in [-0.1, -0.05) is 12.1 Å². The number of benzene rings is 1. The Kier molecular flexibility index (Phi) is 4.22. The summed E-state index contributed by atoms with van der Waals surface area (Å²) >= 11 is 0. The van der Waals surface area contributed by atoms with Crippen molar-refractivity contribution in [2.24, 2.45) is 5.73 Å². The molecule has 0 amide bonds. The van der Waals surface area contributed by atoms with Crippen LogP contribution in [0.3, 0.4) is 0 Å². The first kappa shape index (κ1) is 13.6. The molecule has 0 saturated heterocycles. The lowest BCUT2D eigenvalue weighted by atomic mass is 10.1. The minimum absolute atomic E-state index is 0.0334. The smallest absolute Gasteiger partial charge is 0.124 e. The van der Waals surface area contributed by atoms with Crippen molar-refractivity contribution in [1.29, 1.82) is 0 Å². The summed E-state index contributed by atoms with van der Waals surface area (Å²) in [4.78, 5) is 0. The van der Waals surface area contributed by atoms with Crippen LogP contribution in [0.25, 0.3) is 0 Å². The van der Waals surface area contributed by atoms with Gasteiger partial charge in [-0.15, -0.1) is 0 Å². The first-order valence-electron chi connectivity index (χ1n) is 6.60. The molecule has 1 atom stereocenters. The molecule has 1 aromatic heterocycles. The van der Waals surface area contributed by atoms with Crippen molar-refractivity contribution < 1.29 is 4.74 Å². The molecule has 0 fully saturated rings. The van der Waals surface area contributed by atoms with Gasteiger partial charge in [0.15, 0.2) is 0 Å². The van der Waals surface area contributed by atoms with Crippen LogP contribution in [0.2, 0.25) is 0 Å². The van der Waals surface area contributed by atoms with Crippen molar-refractivity contribution in [2.45, 2.75) is 40.0 Å². The molecule has 4 heteroatoms. The van der Waals surface area contributed by atoms with E-state index in [1.54, 1.807) is 0 Å². The molecule has 2 aromatic rings. The molecule has 4 nitrogen and oxygen atoms in total. The Morgan fingerprint density at radius 1 is 1.42 bits per heavy atom. The molecule has 0 saturated carbocycles. The molecule has 0 spiro atoms. The lowest BCUT2D eigenvalue weighted by Crippen LogP contribution is -2.08. The molecular formula is C15H21N3O. The number of aromatic nitrogens is 2. The van der Waals surface area contributed by atoms with Gasteiger partial charge in [0.05, 0.1) is 6.20 Å². The number of nitrogens with zero attached hydrogens (tertiary/aromatic N) is 2. The van der Waals surface area contributed by atoms with Gasteiger partial charge in [0.25, 0.3) is 0 Å². The minimum atomic E-state index is -0.0334. The summed E-state index contributed by atoms with van der Waals surface area (Å²) in [6, 6.07) is 6.09. The van der Waals surface area contributed by atoms with E-state index < -0.39 is 0 Å². The average Bonchev–Trinajstić information content (AvgIpc) is 2.84. The maximum absolute atomic E-state index is 5.96. The van der Waals surface area contributed by atoms with E-state index in [-0.39, 0.29) is 6.04 Å². The van der Waals surface area contributed by atoms with Gasteiger partial charge in [-0.3, -0.25) is 4.68 Å². The summed E-state index contributed by atoms with van der Waals surface area (Å²) in [5, 5.41) is 4.23. The summed E-state index contributed by atoms with van der Waals surface area (Å²) in [6.45, 7) is 7.46. The first-order chi connectivity index (χ1) is 9.10. The van der Waals surface area contributed by atoms with Gasteiger partial charge in [0.2, 0.25) is 0 Å². The Hall–Kier alpha value is -1.81. The van der Waals surface area contributed by atoms with Crippen molar-refractivity contribution in [3.8, 4) is 5.75 Å². The predicted molar refractivity (Wildman–Crippen MR) is 76.0 cm³/mol. The highest BCUT2D eigenvalue weighted by atomic mass is 16.5. The van der Waals surface area contributed by atoms with Crippen LogP contribution in [0.5, 0.6) is 5.75 Å². The number of nitrogens with two attached hydrogens (primary N) is 1. The van der Waals surface area contributed by atoms with Crippen LogP contribution in [0, 0.1) is 6.92 Å². The Bertz CT molecular complexity index is 546. The third-order valence-electron chi connectivity index (χ3n) is 3.06. The van der Waals surface area contributed by atoms with E-state index in [9.17, 15) is 0 Å². The van der Waals surface area contributed by atoms with Crippen LogP contribution in [0.15, 0.2) is 30.6 Å². The zero-order valence-corrected chi connectivity index (χ0v) is 11.8. The summed E-state index contributed by atoms with van der Waals surface area (Å²) in [5.41, 5.74) is 9.24. The van der Waals surface area contributed by atoms with E-state index in [0.29, 0.717) is 6.61 Å². The molecular weight excluding hydrogens is 238 g/mol. The van der Waals surface area contributed by atoms with Gasteiger partial charge < -0.3 is 10.5 Å². The Labute approximate surface area is 114 Å². The summed E-state index contributed by atoms with van der Waals surface area (Å²) in [5.74, 6) is 0.860. The first-order valence-corrected chi connectivity index (χ1v) is 6.60. The van der Waals surface area contributed by atoms with Gasteiger partial charge in [0, 0.05) is 29.9 Å². The molecule has 102 valence electrons. The second-order valence-corrected chi connectivity index (χ2v) is 4.82. The second-order valence-electron chi connectivity index (χ2n) is 4.82. The van der Waals surface area contributed by atoms with Crippen LogP contribution >= 0.6 is 0 Å². The highest BCUT2D eigenvalue weighted by Gasteiger charge is 2.09. The van der Waals surface area contributed by atoms with Crippen LogP contribution in [-0.2, 0) is 13.2 Å². The van der Waals surface area contributed by atoms with Gasteiger partial charge >= 0.3 is 0 Å². The molecule has 0 aliphatic heterocycles. The zero-order chi connectivity index (χ0) is 13.8. The second kappa shape index (κ2) is 5.89. The topological polar surface area (TPSA) is 53.1 Å². The van der Waals surface area contributed by atoms with Crippen LogP contribution < -0.4 is 10.5 Å². The average molecular weight is 259 g/mol. The molecule has 2 N–H and O–H groups in total. The van der Waals surface area contributed by atoms with Crippen molar-refractivity contribution in [3.63, 3.8) is 0 Å². The van der Waals surface area contributed by atoms with Crippen molar-refractivity contribution in [3.05, 3.63) is 47.3 Å². The third-order valence-corrected chi connectivity index (χ3v) is 3.06. The maximum Gasteiger partial charge on any atom is 0.124 e. The van der Waals surface area contributed by atoms with Crippen LogP contribution in [0.4, 0.5) is 0 Å². The lowest BCUT2D eigenvalue weighted by molar-refractivity contribution is 0.301. The highest BCUT2D eigenvalue weighted by molar-refractivity contribution is 5.39. The van der Waals surface area contributed by atoms with Gasteiger partial charge in [-0.05, 0) is 32.4 Å². The quantitative estimate of drug-likeness (QED) is 0.898. The molecule has 1 unspecified atom stereocenters. The molecule has 0 aliphatic carbocycles. The van der Waals surface area contributed by atoms with Gasteiger partial charge in [-0.2, -0.15) is 5.10 Å². The SMILES string of the molecule is CCn1cc(COc2cc(C)ccc2C(C)N)cn1. The molecule has 0 aliphatic rings. The largest absolute Gasteiger partial charge is 0.488 e. The van der Waals surface area contributed by atoms with E-state index in [4.69, 9.17) is 10.5 Å². The number of hydrogen-bond acceptors (Lipinski definition) is 3. The van der Waals surface area contributed by atoms with E-state index >= 15 is 0 Å². The number of ether oxygens (including phenoxy) is 1. The molecule has 1 aromatic carbocycles. The number of aryl methyl sites for hydroxylation is 2. The van der Waals surface area contributed by atoms with Crippen molar-refractivity contribution in [2.75, 3.05) is 0 Å². The molecule has 1 heterocycles. The van der Waals surface area contributed by atoms with Gasteiger partial charge in [-0.25, -0.2) is 0 Å². The zero-order valence-electron chi connectivity index (χ0n) is 11.8. The Morgan fingerprint density at radius 3 is 2.84 bits per heavy atom. The standard InChI is InChI=1S/C15H21N3O/c1-4-18-9-13(8-17-18)10-19-15-7-11(2)5-6-14(15)12(3)16/h5-9,12H,4,10,16H2,1-3H3. The maximum atomic E-state index is 5.96. The fraction of sp³-hybridized carbons (Fsp3) is 0.400. The summed E-state index contributed by atoms with van der Waals surface area (Å²) in [6.07, 6.45) is 3.84. The summed E-state index contributed by atoms with van der Waals surface area (Å²) < 4.78 is 7.78. The molecule has 19 heavy (non-hydrogen) atoms. The van der Waals surface area contributed by atoms with Crippen molar-refractivity contribution >= 4 is 0 Å². The molecule has 2 rings (SSSR count). The van der Waals surface area contributed by atoms with Crippen LogP contribution in [0.1, 0.15) is 36.6 Å². The fourth-order valence-corrected chi connectivity index (χ4v) is 1.96. The van der Waals surface area contributed by atoms with E-state index in [1.165, 1.54) is 5.56 Å². The predicted octanol–water partition coefficient (Wildman–Crippen LogP) is 2.81. The highest BCUT2D eigenvalue weighted by Crippen LogP contribution is 2.25. The fourth-order valence-electron chi connectivity index (χ4n) is 1.96. The van der Waals surface area contributed by atoms with Gasteiger partial charge in [0.1, 0.15) is 12.4 Å². The van der Waals surface area contributed by atoms with E-state index in [1.807, 2.05) is 43.1 Å². The Morgan fingerprint density at radius 2 is 2.21 bits per heavy atom. The summed E-state index contributed by atoms with van der Waals surface area (Å²) in [7, 11) is 0. The van der Waals surface area contributed by atoms with E-state index in [2.05, 4.69) is 18.1 Å². The van der Waals surface area contributed by atoms with Crippen LogP contribution in [-0.4, -0.2) is 9.78 Å². The third kappa shape index (κ3) is 3.35. The monoisotopic (exact) mass is 259 g/mol.